The van der Waals surface area contributed by atoms with Crippen molar-refractivity contribution in [1.82, 2.24) is 4.57 Å². The highest BCUT2D eigenvalue weighted by Crippen LogP contribution is 2.39. The van der Waals surface area contributed by atoms with Gasteiger partial charge in [-0.2, -0.15) is 0 Å². The van der Waals surface area contributed by atoms with Gasteiger partial charge in [0.25, 0.3) is 5.56 Å². The minimum atomic E-state index is -1.01. The van der Waals surface area contributed by atoms with Crippen molar-refractivity contribution in [3.8, 4) is 22.8 Å². The number of thiazole rings is 1. The highest BCUT2D eigenvalue weighted by Gasteiger charge is 2.35. The summed E-state index contributed by atoms with van der Waals surface area (Å²) in [4.78, 5) is 43.7. The average molecular weight is 587 g/mol. The quantitative estimate of drug-likeness (QED) is 0.303. The summed E-state index contributed by atoms with van der Waals surface area (Å²) >= 11 is 1.21. The second kappa shape index (κ2) is 11.2. The molecule has 0 saturated heterocycles. The maximum Gasteiger partial charge on any atom is 0.338 e. The summed E-state index contributed by atoms with van der Waals surface area (Å²) in [5.74, 6) is 0.560. The second-order valence-corrected chi connectivity index (χ2v) is 10.6. The normalized spacial score (nSPS) is 15.9. The molecule has 4 heterocycles. The monoisotopic (exact) mass is 586 g/mol. The molecule has 2 aliphatic heterocycles. The average Bonchev–Trinajstić information content (AvgIpc) is 3.72. The van der Waals surface area contributed by atoms with E-state index in [9.17, 15) is 14.4 Å². The molecule has 4 aromatic rings. The van der Waals surface area contributed by atoms with Gasteiger partial charge in [-0.05, 0) is 55.3 Å². The Labute approximate surface area is 243 Å². The number of carboxylic acids is 1. The fourth-order valence-electron chi connectivity index (χ4n) is 5.01. The zero-order valence-corrected chi connectivity index (χ0v) is 23.6. The molecule has 42 heavy (non-hydrogen) atoms. The number of benzene rings is 2. The van der Waals surface area contributed by atoms with Crippen LogP contribution in [0.3, 0.4) is 0 Å². The van der Waals surface area contributed by atoms with E-state index in [0.29, 0.717) is 61.2 Å². The lowest BCUT2D eigenvalue weighted by Gasteiger charge is -2.25. The van der Waals surface area contributed by atoms with Crippen LogP contribution in [0.2, 0.25) is 0 Å². The van der Waals surface area contributed by atoms with Crippen LogP contribution >= 0.6 is 11.3 Å². The number of fused-ring (bicyclic) bond motifs is 2. The Bertz CT molecular complexity index is 1910. The summed E-state index contributed by atoms with van der Waals surface area (Å²) in [7, 11) is 0. The first-order valence-electron chi connectivity index (χ1n) is 13.4. The Balaban J connectivity index is 1.47. The van der Waals surface area contributed by atoms with Crippen molar-refractivity contribution in [2.45, 2.75) is 32.7 Å². The van der Waals surface area contributed by atoms with Gasteiger partial charge in [-0.3, -0.25) is 9.36 Å². The van der Waals surface area contributed by atoms with Crippen molar-refractivity contribution >= 4 is 29.4 Å². The molecule has 0 fully saturated rings. The van der Waals surface area contributed by atoms with Crippen molar-refractivity contribution in [2.24, 2.45) is 4.99 Å². The molecule has 2 aliphatic rings. The zero-order chi connectivity index (χ0) is 29.4. The van der Waals surface area contributed by atoms with Crippen LogP contribution in [0.15, 0.2) is 80.1 Å². The predicted molar refractivity (Wildman–Crippen MR) is 153 cm³/mol. The molecule has 11 heteroatoms. The number of allylic oxidation sites excluding steroid dienone is 1. The smallest absolute Gasteiger partial charge is 0.338 e. The minimum Gasteiger partial charge on any atom is -0.478 e. The molecule has 0 amide bonds. The molecule has 10 nitrogen and oxygen atoms in total. The molecule has 0 aliphatic carbocycles. The van der Waals surface area contributed by atoms with Gasteiger partial charge in [0.2, 0.25) is 6.79 Å². The number of esters is 1. The van der Waals surface area contributed by atoms with Crippen molar-refractivity contribution in [3.63, 3.8) is 0 Å². The molecule has 214 valence electrons. The highest BCUT2D eigenvalue weighted by atomic mass is 32.1. The molecule has 0 spiro atoms. The number of carboxylic acid groups (broad SMARTS) is 1. The number of ether oxygens (including phenoxy) is 3. The van der Waals surface area contributed by atoms with Gasteiger partial charge in [0.1, 0.15) is 11.5 Å². The molecular formula is C31H26N2O8S. The van der Waals surface area contributed by atoms with E-state index < -0.39 is 18.0 Å². The van der Waals surface area contributed by atoms with E-state index in [1.54, 1.807) is 49.4 Å². The van der Waals surface area contributed by atoms with Crippen LogP contribution in [0, 0.1) is 0 Å². The van der Waals surface area contributed by atoms with Crippen LogP contribution in [0.25, 0.3) is 17.4 Å². The van der Waals surface area contributed by atoms with Crippen LogP contribution in [0.4, 0.5) is 0 Å². The summed E-state index contributed by atoms with van der Waals surface area (Å²) < 4.78 is 24.4. The number of nitrogens with zero attached hydrogens (tertiary/aromatic N) is 2. The Hall–Kier alpha value is -4.90. The van der Waals surface area contributed by atoms with Crippen molar-refractivity contribution in [1.29, 1.82) is 0 Å². The van der Waals surface area contributed by atoms with E-state index in [2.05, 4.69) is 0 Å². The van der Waals surface area contributed by atoms with Gasteiger partial charge < -0.3 is 23.7 Å². The van der Waals surface area contributed by atoms with Gasteiger partial charge in [-0.15, -0.1) is 0 Å². The first kappa shape index (κ1) is 27.3. The summed E-state index contributed by atoms with van der Waals surface area (Å²) in [5, 5.41) is 9.16. The molecular weight excluding hydrogens is 560 g/mol. The van der Waals surface area contributed by atoms with E-state index in [0.717, 1.165) is 6.42 Å². The summed E-state index contributed by atoms with van der Waals surface area (Å²) in [6.07, 6.45) is 2.92. The van der Waals surface area contributed by atoms with Crippen LogP contribution < -0.4 is 24.4 Å². The first-order chi connectivity index (χ1) is 20.4. The molecule has 6 rings (SSSR count). The van der Waals surface area contributed by atoms with E-state index in [1.807, 2.05) is 13.0 Å². The van der Waals surface area contributed by atoms with E-state index in [4.69, 9.17) is 28.7 Å². The van der Waals surface area contributed by atoms with Crippen LogP contribution in [-0.2, 0) is 9.53 Å². The number of hydrogen-bond donors (Lipinski definition) is 1. The fraction of sp³-hybridized carbons (Fsp3) is 0.226. The van der Waals surface area contributed by atoms with Crippen LogP contribution in [0.5, 0.6) is 11.5 Å². The van der Waals surface area contributed by atoms with E-state index in [1.165, 1.54) is 28.0 Å². The van der Waals surface area contributed by atoms with Gasteiger partial charge in [0.05, 0.1) is 34.0 Å². The molecule has 2 aromatic carbocycles. The second-order valence-electron chi connectivity index (χ2n) is 9.61. The molecule has 1 unspecified atom stereocenters. The third-order valence-corrected chi connectivity index (χ3v) is 7.90. The lowest BCUT2D eigenvalue weighted by Crippen LogP contribution is -2.40. The Morgan fingerprint density at radius 2 is 1.88 bits per heavy atom. The molecule has 0 bridgehead atoms. The van der Waals surface area contributed by atoms with Crippen molar-refractivity contribution < 1.29 is 33.3 Å². The summed E-state index contributed by atoms with van der Waals surface area (Å²) in [6.45, 7) is 4.01. The molecule has 0 saturated carbocycles. The van der Waals surface area contributed by atoms with Gasteiger partial charge in [0, 0.05) is 11.6 Å². The summed E-state index contributed by atoms with van der Waals surface area (Å²) in [5.41, 5.74) is 2.12. The first-order valence-corrected chi connectivity index (χ1v) is 14.2. The number of aromatic nitrogens is 1. The predicted octanol–water partition coefficient (Wildman–Crippen LogP) is 4.27. The zero-order valence-electron chi connectivity index (χ0n) is 22.8. The van der Waals surface area contributed by atoms with Gasteiger partial charge in [-0.1, -0.05) is 42.9 Å². The number of aromatic carboxylic acids is 1. The van der Waals surface area contributed by atoms with Crippen LogP contribution in [0.1, 0.15) is 54.4 Å². The molecule has 0 radical (unpaired) electrons. The Kier molecular flexibility index (Phi) is 7.26. The molecule has 2 aromatic heterocycles. The maximum atomic E-state index is 14.0. The SMILES string of the molecule is CCCC1=C(C(=O)OCC)C(c2ccc3c(c2)OCO3)n2c(s/c(=C\c3ccc(-c4ccc(C(=O)O)cc4)o3)c2=O)=N1. The fourth-order valence-corrected chi connectivity index (χ4v) is 6.01. The lowest BCUT2D eigenvalue weighted by atomic mass is 9.94. The standard InChI is InChI=1S/C31H26N2O8S/c1-3-5-21-26(30(37)38-4-2)27(19-10-12-23-24(14-19)40-16-39-23)33-28(34)25(42-31(33)32-21)15-20-11-13-22(41-20)17-6-8-18(9-7-17)29(35)36/h6-15,27H,3-5,16H2,1-2H3,(H,35,36)/b25-15-. The molecule has 1 atom stereocenters. The topological polar surface area (TPSA) is 130 Å². The van der Waals surface area contributed by atoms with Gasteiger partial charge in [-0.25, -0.2) is 14.6 Å². The minimum absolute atomic E-state index is 0.0953. The number of rotatable bonds is 8. The Morgan fingerprint density at radius 3 is 2.62 bits per heavy atom. The lowest BCUT2D eigenvalue weighted by molar-refractivity contribution is -0.139. The number of furan rings is 1. The summed E-state index contributed by atoms with van der Waals surface area (Å²) in [6, 6.07) is 14.4. The van der Waals surface area contributed by atoms with E-state index in [-0.39, 0.29) is 24.5 Å². The number of hydrogen-bond acceptors (Lipinski definition) is 9. The van der Waals surface area contributed by atoms with E-state index >= 15 is 0 Å². The third-order valence-electron chi connectivity index (χ3n) is 6.92. The largest absolute Gasteiger partial charge is 0.478 e. The number of carbonyl (C=O) groups excluding carboxylic acids is 1. The van der Waals surface area contributed by atoms with Gasteiger partial charge >= 0.3 is 11.9 Å². The molecule has 1 N–H and O–H groups in total. The van der Waals surface area contributed by atoms with Crippen molar-refractivity contribution in [3.05, 3.63) is 102 Å². The third kappa shape index (κ3) is 4.92. The van der Waals surface area contributed by atoms with Crippen LogP contribution in [-0.4, -0.2) is 35.0 Å². The maximum absolute atomic E-state index is 14.0. The van der Waals surface area contributed by atoms with Gasteiger partial charge in [0.15, 0.2) is 16.3 Å². The highest BCUT2D eigenvalue weighted by molar-refractivity contribution is 7.07. The van der Waals surface area contributed by atoms with Crippen molar-refractivity contribution in [2.75, 3.05) is 13.4 Å². The Morgan fingerprint density at radius 1 is 1.10 bits per heavy atom. The number of carbonyl (C=O) groups is 2.